The highest BCUT2D eigenvalue weighted by Gasteiger charge is 2.17. The predicted molar refractivity (Wildman–Crippen MR) is 211 cm³/mol. The number of hydrogen-bond donors (Lipinski definition) is 2. The summed E-state index contributed by atoms with van der Waals surface area (Å²) < 4.78 is 0. The summed E-state index contributed by atoms with van der Waals surface area (Å²) >= 11 is 0. The molecule has 10 heteroatoms. The van der Waals surface area contributed by atoms with Crippen LogP contribution in [0.15, 0.2) is 101 Å². The lowest BCUT2D eigenvalue weighted by molar-refractivity contribution is -0.807. The van der Waals surface area contributed by atoms with Gasteiger partial charge in [-0.25, -0.2) is 9.59 Å². The van der Waals surface area contributed by atoms with E-state index in [1.165, 1.54) is 0 Å². The zero-order valence-corrected chi connectivity index (χ0v) is 33.6. The van der Waals surface area contributed by atoms with Crippen molar-refractivity contribution in [2.24, 2.45) is 0 Å². The largest absolute Gasteiger partial charge is 1.00 e. The van der Waals surface area contributed by atoms with Crippen LogP contribution >= 0.6 is 0 Å². The van der Waals surface area contributed by atoms with Gasteiger partial charge in [0.15, 0.2) is 0 Å². The Labute approximate surface area is 329 Å². The second-order valence-electron chi connectivity index (χ2n) is 12.3. The summed E-state index contributed by atoms with van der Waals surface area (Å²) in [7, 11) is 0. The fraction of sp³-hybridized carbons (Fsp3) is 0.524. The average molecular weight is 766 g/mol. The van der Waals surface area contributed by atoms with Crippen LogP contribution in [0.25, 0.3) is 0 Å². The van der Waals surface area contributed by atoms with E-state index in [0.29, 0.717) is 78.0 Å². The van der Waals surface area contributed by atoms with Gasteiger partial charge in [0.25, 0.3) is 0 Å². The van der Waals surface area contributed by atoms with E-state index in [2.05, 4.69) is 52.6 Å². The van der Waals surface area contributed by atoms with Gasteiger partial charge in [0.2, 0.25) is 11.8 Å². The van der Waals surface area contributed by atoms with Gasteiger partial charge < -0.3 is 34.6 Å². The van der Waals surface area contributed by atoms with Crippen molar-refractivity contribution in [3.63, 3.8) is 0 Å². The normalized spacial score (nSPS) is 9.88. The van der Waals surface area contributed by atoms with E-state index in [1.807, 2.05) is 0 Å². The maximum absolute atomic E-state index is 12.1. The molecule has 296 valence electrons. The van der Waals surface area contributed by atoms with Gasteiger partial charge >= 0.3 is 11.8 Å². The van der Waals surface area contributed by atoms with E-state index in [9.17, 15) is 19.2 Å². The number of halogens is 2. The first-order valence-corrected chi connectivity index (χ1v) is 18.4. The first-order valence-electron chi connectivity index (χ1n) is 18.4. The van der Waals surface area contributed by atoms with Crippen LogP contribution in [0.4, 0.5) is 0 Å². The average Bonchev–Trinajstić information content (AvgIpc) is 3.10. The van der Waals surface area contributed by atoms with Crippen molar-refractivity contribution in [2.45, 2.75) is 89.9 Å². The molecule has 2 N–H and O–H groups in total. The Morgan fingerprint density at radius 1 is 0.365 bits per heavy atom. The highest BCUT2D eigenvalue weighted by Crippen LogP contribution is 2.11. The number of amides is 4. The summed E-state index contributed by atoms with van der Waals surface area (Å²) in [5.41, 5.74) is 0. The second-order valence-corrected chi connectivity index (χ2v) is 12.3. The highest BCUT2D eigenvalue weighted by molar-refractivity contribution is 5.77. The Hall–Kier alpha value is -3.30. The molecule has 0 aromatic rings. The van der Waals surface area contributed by atoms with Crippen LogP contribution in [-0.2, 0) is 19.2 Å². The molecule has 0 atom stereocenters. The van der Waals surface area contributed by atoms with Crippen molar-refractivity contribution in [2.75, 3.05) is 52.4 Å². The van der Waals surface area contributed by atoms with Gasteiger partial charge in [-0.15, -0.1) is 26.3 Å². The minimum Gasteiger partial charge on any atom is -1.00 e. The van der Waals surface area contributed by atoms with Crippen LogP contribution < -0.4 is 34.6 Å². The van der Waals surface area contributed by atoms with Crippen LogP contribution in [0.1, 0.15) is 89.9 Å². The van der Waals surface area contributed by atoms with Crippen molar-refractivity contribution in [1.82, 2.24) is 9.80 Å². The lowest BCUT2D eigenvalue weighted by Gasteiger charge is -2.19. The molecule has 0 rings (SSSR count). The molecule has 0 saturated carbocycles. The van der Waals surface area contributed by atoms with Crippen molar-refractivity contribution >= 4 is 23.6 Å². The van der Waals surface area contributed by atoms with Gasteiger partial charge in [0, 0.05) is 39.0 Å². The highest BCUT2D eigenvalue weighted by atomic mass is 35.5. The SMILES string of the molecule is C=CCN(CC=C)C(=O)CCCCCCCCC(=O)N(CC=C)CC=C.C=CC[NH+](CC=C)C(=O)CCCCCCC(=O)[NH+](CC=C)CC=C.[Cl-].[Cl-]. The van der Waals surface area contributed by atoms with E-state index in [1.54, 1.807) is 58.4 Å². The number of rotatable bonds is 32. The smallest absolute Gasteiger partial charge is 0.312 e. The van der Waals surface area contributed by atoms with Gasteiger partial charge in [-0.1, -0.05) is 89.1 Å². The number of carbonyl (C=O) groups excluding carboxylic acids is 4. The topological polar surface area (TPSA) is 83.6 Å². The Kier molecular flexibility index (Phi) is 43.2. The van der Waals surface area contributed by atoms with Crippen LogP contribution in [-0.4, -0.2) is 85.8 Å². The minimum atomic E-state index is 0. The van der Waals surface area contributed by atoms with Gasteiger partial charge in [0.05, 0.1) is 12.8 Å². The van der Waals surface area contributed by atoms with E-state index >= 15 is 0 Å². The van der Waals surface area contributed by atoms with E-state index in [4.69, 9.17) is 0 Å². The molecule has 0 aliphatic heterocycles. The molecule has 0 fully saturated rings. The quantitative estimate of drug-likeness (QED) is 0.0710. The fourth-order valence-electron chi connectivity index (χ4n) is 5.35. The Morgan fingerprint density at radius 2 is 0.596 bits per heavy atom. The van der Waals surface area contributed by atoms with Crippen LogP contribution in [0.5, 0.6) is 0 Å². The molecule has 0 spiro atoms. The third-order valence-corrected chi connectivity index (χ3v) is 8.04. The molecule has 0 bridgehead atoms. The molecule has 0 aromatic heterocycles. The lowest BCUT2D eigenvalue weighted by Crippen LogP contribution is -3.14. The number of hydrogen-bond acceptors (Lipinski definition) is 4. The maximum atomic E-state index is 12.1. The zero-order chi connectivity index (χ0) is 37.8. The molecule has 0 heterocycles. The standard InChI is InChI=1S/C22H36N2O2.C20H32N2O2.2ClH/c1-5-17-23(18-6-2)21(25)15-13-11-9-10-12-14-16-22(26)24(19-7-3)20-8-4;1-5-15-21(16-6-2)19(23)13-11-9-10-12-14-20(24)22(17-7-3)18-8-4;;/h5-8H,1-4,9-20H2;5-8H,1-4,9-18H2;2*1H. The fourth-order valence-corrected chi connectivity index (χ4v) is 5.35. The first-order chi connectivity index (χ1) is 24.2. The third-order valence-electron chi connectivity index (χ3n) is 8.04. The Morgan fingerprint density at radius 3 is 0.827 bits per heavy atom. The van der Waals surface area contributed by atoms with Crippen LogP contribution in [0.2, 0.25) is 0 Å². The summed E-state index contributed by atoms with van der Waals surface area (Å²) in [5.74, 6) is 0.775. The summed E-state index contributed by atoms with van der Waals surface area (Å²) in [6.45, 7) is 34.4. The number of nitrogens with zero attached hydrogens (tertiary/aromatic N) is 2. The number of carbonyl (C=O) groups is 4. The van der Waals surface area contributed by atoms with Gasteiger partial charge in [-0.05, 0) is 50.0 Å². The van der Waals surface area contributed by atoms with Crippen molar-refractivity contribution < 1.29 is 53.8 Å². The molecule has 52 heavy (non-hydrogen) atoms. The summed E-state index contributed by atoms with van der Waals surface area (Å²) in [5, 5.41) is 0. The number of nitrogens with one attached hydrogen (secondary N) is 2. The predicted octanol–water partition coefficient (Wildman–Crippen LogP) is -0.590. The molecular formula is C42H70Cl2N4O4. The minimum absolute atomic E-state index is 0. The van der Waals surface area contributed by atoms with E-state index in [-0.39, 0.29) is 48.4 Å². The van der Waals surface area contributed by atoms with Crippen molar-refractivity contribution in [3.8, 4) is 0 Å². The van der Waals surface area contributed by atoms with Crippen LogP contribution in [0.3, 0.4) is 0 Å². The van der Waals surface area contributed by atoms with Crippen LogP contribution in [0, 0.1) is 0 Å². The third kappa shape index (κ3) is 30.3. The zero-order valence-electron chi connectivity index (χ0n) is 32.1. The second kappa shape index (κ2) is 40.5. The van der Waals surface area contributed by atoms with Crippen molar-refractivity contribution in [3.05, 3.63) is 101 Å². The first kappa shape index (κ1) is 55.5. The van der Waals surface area contributed by atoms with Gasteiger partial charge in [-0.3, -0.25) is 19.4 Å². The lowest BCUT2D eigenvalue weighted by atomic mass is 10.1. The Bertz CT molecular complexity index is 941. The number of unbranched alkanes of at least 4 members (excludes halogenated alkanes) is 8. The molecule has 0 unspecified atom stereocenters. The molecule has 0 saturated heterocycles. The summed E-state index contributed by atoms with van der Waals surface area (Å²) in [6, 6.07) is 0. The molecule has 8 nitrogen and oxygen atoms in total. The molecule has 0 radical (unpaired) electrons. The molecule has 0 aliphatic carbocycles. The van der Waals surface area contributed by atoms with Gasteiger partial charge in [-0.2, -0.15) is 0 Å². The Balaban J connectivity index is -0.000000428. The molecular weight excluding hydrogens is 695 g/mol. The molecule has 4 amide bonds. The maximum Gasteiger partial charge on any atom is 0.312 e. The number of quaternary nitrogens is 2. The van der Waals surface area contributed by atoms with E-state index < -0.39 is 0 Å². The monoisotopic (exact) mass is 764 g/mol. The van der Waals surface area contributed by atoms with Crippen molar-refractivity contribution in [1.29, 1.82) is 0 Å². The summed E-state index contributed by atoms with van der Waals surface area (Å²) in [4.78, 5) is 53.7. The molecule has 0 aliphatic rings. The summed E-state index contributed by atoms with van der Waals surface area (Å²) in [6.07, 6.45) is 26.2. The molecule has 0 aromatic carbocycles. The van der Waals surface area contributed by atoms with E-state index in [0.717, 1.165) is 74.0 Å². The van der Waals surface area contributed by atoms with Gasteiger partial charge in [0.1, 0.15) is 26.2 Å².